The summed E-state index contributed by atoms with van der Waals surface area (Å²) in [6, 6.07) is 18.1. The highest BCUT2D eigenvalue weighted by atomic mass is 16.5. The van der Waals surface area contributed by atoms with Crippen molar-refractivity contribution in [1.29, 1.82) is 0 Å². The lowest BCUT2D eigenvalue weighted by Gasteiger charge is -2.30. The second-order valence-electron chi connectivity index (χ2n) is 7.75. The van der Waals surface area contributed by atoms with Crippen LogP contribution in [0.4, 0.5) is 0 Å². The lowest BCUT2D eigenvalue weighted by atomic mass is 10.0. The van der Waals surface area contributed by atoms with Crippen LogP contribution >= 0.6 is 0 Å². The number of nitrogens with zero attached hydrogens (tertiary/aromatic N) is 1. The Morgan fingerprint density at radius 3 is 2.50 bits per heavy atom. The lowest BCUT2D eigenvalue weighted by molar-refractivity contribution is 0.0679. The number of likely N-dealkylation sites (N-methyl/N-ethyl adjacent to an activating group) is 1. The van der Waals surface area contributed by atoms with Gasteiger partial charge in [0.15, 0.2) is 0 Å². The van der Waals surface area contributed by atoms with Gasteiger partial charge in [-0.25, -0.2) is 0 Å². The molecule has 162 valence electrons. The van der Waals surface area contributed by atoms with E-state index in [2.05, 4.69) is 48.3 Å². The topological polar surface area (TPSA) is 50.8 Å². The normalized spacial score (nSPS) is 17.1. The lowest BCUT2D eigenvalue weighted by Crippen LogP contribution is -2.45. The van der Waals surface area contributed by atoms with Gasteiger partial charge in [-0.2, -0.15) is 0 Å². The van der Waals surface area contributed by atoms with Crippen molar-refractivity contribution in [2.45, 2.75) is 45.3 Å². The molecule has 2 unspecified atom stereocenters. The first-order valence-electron chi connectivity index (χ1n) is 11.1. The van der Waals surface area contributed by atoms with Crippen molar-refractivity contribution in [2.24, 2.45) is 0 Å². The minimum Gasteiger partial charge on any atom is -0.491 e. The van der Waals surface area contributed by atoms with Crippen LogP contribution in [0.5, 0.6) is 5.75 Å². The van der Waals surface area contributed by atoms with Crippen LogP contribution in [0.2, 0.25) is 0 Å². The maximum absolute atomic E-state index is 12.7. The Morgan fingerprint density at radius 1 is 1.13 bits per heavy atom. The zero-order chi connectivity index (χ0) is 21.2. The summed E-state index contributed by atoms with van der Waals surface area (Å²) < 4.78 is 11.4. The zero-order valence-corrected chi connectivity index (χ0v) is 18.2. The second kappa shape index (κ2) is 11.7. The van der Waals surface area contributed by atoms with Gasteiger partial charge >= 0.3 is 0 Å². The predicted octanol–water partition coefficient (Wildman–Crippen LogP) is 3.93. The molecule has 0 aliphatic carbocycles. The quantitative estimate of drug-likeness (QED) is 0.610. The van der Waals surface area contributed by atoms with E-state index in [1.807, 2.05) is 30.3 Å². The molecule has 1 fully saturated rings. The highest BCUT2D eigenvalue weighted by Crippen LogP contribution is 2.17. The fraction of sp³-hybridized carbons (Fsp3) is 0.480. The average Bonchev–Trinajstić information content (AvgIpc) is 3.31. The molecular weight excluding hydrogens is 376 g/mol. The molecule has 2 aromatic carbocycles. The average molecular weight is 411 g/mol. The first kappa shape index (κ1) is 22.3. The highest BCUT2D eigenvalue weighted by Gasteiger charge is 2.18. The maximum atomic E-state index is 12.7. The van der Waals surface area contributed by atoms with Gasteiger partial charge in [-0.1, -0.05) is 44.2 Å². The van der Waals surface area contributed by atoms with Gasteiger partial charge in [0.2, 0.25) is 0 Å². The molecule has 5 nitrogen and oxygen atoms in total. The van der Waals surface area contributed by atoms with Crippen LogP contribution in [0.15, 0.2) is 54.6 Å². The molecule has 2 aromatic rings. The van der Waals surface area contributed by atoms with Gasteiger partial charge < -0.3 is 14.8 Å². The Kier molecular flexibility index (Phi) is 8.72. The largest absolute Gasteiger partial charge is 0.491 e. The summed E-state index contributed by atoms with van der Waals surface area (Å²) in [4.78, 5) is 15.1. The van der Waals surface area contributed by atoms with Gasteiger partial charge in [-0.15, -0.1) is 0 Å². The van der Waals surface area contributed by atoms with Crippen LogP contribution in [-0.2, 0) is 11.2 Å². The molecule has 1 aliphatic heterocycles. The summed E-state index contributed by atoms with van der Waals surface area (Å²) >= 11 is 0. The molecule has 3 rings (SSSR count). The van der Waals surface area contributed by atoms with E-state index in [1.54, 1.807) is 0 Å². The maximum Gasteiger partial charge on any atom is 0.251 e. The van der Waals surface area contributed by atoms with Crippen molar-refractivity contribution < 1.29 is 14.3 Å². The van der Waals surface area contributed by atoms with E-state index in [0.717, 1.165) is 44.7 Å². The van der Waals surface area contributed by atoms with E-state index in [1.165, 1.54) is 5.56 Å². The number of hydrogen-bond acceptors (Lipinski definition) is 4. The first-order valence-corrected chi connectivity index (χ1v) is 11.1. The van der Waals surface area contributed by atoms with Gasteiger partial charge in [0.05, 0.1) is 6.10 Å². The van der Waals surface area contributed by atoms with Crippen LogP contribution in [-0.4, -0.2) is 55.8 Å². The smallest absolute Gasteiger partial charge is 0.251 e. The number of carbonyl (C=O) groups excluding carboxylic acids is 1. The number of ether oxygens (including phenoxy) is 2. The van der Waals surface area contributed by atoms with E-state index in [4.69, 9.17) is 9.47 Å². The van der Waals surface area contributed by atoms with Gasteiger partial charge in [0.1, 0.15) is 12.4 Å². The molecule has 30 heavy (non-hydrogen) atoms. The van der Waals surface area contributed by atoms with Crippen LogP contribution in [0.1, 0.15) is 42.6 Å². The van der Waals surface area contributed by atoms with Crippen molar-refractivity contribution >= 4 is 5.91 Å². The van der Waals surface area contributed by atoms with Crippen molar-refractivity contribution in [3.8, 4) is 5.75 Å². The molecule has 1 N–H and O–H groups in total. The molecule has 0 aromatic heterocycles. The van der Waals surface area contributed by atoms with Crippen molar-refractivity contribution in [3.05, 3.63) is 65.7 Å². The van der Waals surface area contributed by atoms with E-state index in [0.29, 0.717) is 18.7 Å². The fourth-order valence-electron chi connectivity index (χ4n) is 3.94. The van der Waals surface area contributed by atoms with E-state index < -0.39 is 0 Å². The molecule has 1 amide bonds. The standard InChI is InChI=1S/C25H34N2O3/c1-3-27(4-2)22(17-20-9-6-5-7-10-20)18-26-25(28)21-12-14-23(15-13-21)30-19-24-11-8-16-29-24/h5-7,9-10,12-15,22,24H,3-4,8,11,16-19H2,1-2H3,(H,26,28). The van der Waals surface area contributed by atoms with Crippen LogP contribution < -0.4 is 10.1 Å². The molecule has 0 spiro atoms. The van der Waals surface area contributed by atoms with Crippen molar-refractivity contribution in [1.82, 2.24) is 10.2 Å². The Labute approximate surface area is 180 Å². The Balaban J connectivity index is 1.53. The molecule has 5 heteroatoms. The molecule has 1 heterocycles. The summed E-state index contributed by atoms with van der Waals surface area (Å²) in [5.74, 6) is 0.720. The summed E-state index contributed by atoms with van der Waals surface area (Å²) in [7, 11) is 0. The minimum atomic E-state index is -0.0501. The van der Waals surface area contributed by atoms with E-state index in [9.17, 15) is 4.79 Å². The molecule has 0 saturated carbocycles. The third-order valence-electron chi connectivity index (χ3n) is 5.72. The first-order chi connectivity index (χ1) is 14.7. The predicted molar refractivity (Wildman–Crippen MR) is 120 cm³/mol. The SMILES string of the molecule is CCN(CC)C(CNC(=O)c1ccc(OCC2CCCO2)cc1)Cc1ccccc1. The number of carbonyl (C=O) groups is 1. The number of nitrogens with one attached hydrogen (secondary N) is 1. The summed E-state index contributed by atoms with van der Waals surface area (Å²) in [6.07, 6.45) is 3.26. The summed E-state index contributed by atoms with van der Waals surface area (Å²) in [6.45, 7) is 8.26. The van der Waals surface area contributed by atoms with Gasteiger partial charge in [-0.3, -0.25) is 9.69 Å². The second-order valence-corrected chi connectivity index (χ2v) is 7.75. The Hall–Kier alpha value is -2.37. The monoisotopic (exact) mass is 410 g/mol. The van der Waals surface area contributed by atoms with E-state index >= 15 is 0 Å². The van der Waals surface area contributed by atoms with Gasteiger partial charge in [0, 0.05) is 24.8 Å². The van der Waals surface area contributed by atoms with Gasteiger partial charge in [-0.05, 0) is 62.2 Å². The summed E-state index contributed by atoms with van der Waals surface area (Å²) in [5.41, 5.74) is 1.94. The van der Waals surface area contributed by atoms with Crippen LogP contribution in [0.3, 0.4) is 0 Å². The molecular formula is C25H34N2O3. The van der Waals surface area contributed by atoms with E-state index in [-0.39, 0.29) is 18.1 Å². The van der Waals surface area contributed by atoms with Gasteiger partial charge in [0.25, 0.3) is 5.91 Å². The molecule has 1 saturated heterocycles. The Morgan fingerprint density at radius 2 is 1.87 bits per heavy atom. The highest BCUT2D eigenvalue weighted by molar-refractivity contribution is 5.94. The third kappa shape index (κ3) is 6.57. The molecule has 2 atom stereocenters. The summed E-state index contributed by atoms with van der Waals surface area (Å²) in [5, 5.41) is 3.12. The van der Waals surface area contributed by atoms with Crippen LogP contribution in [0, 0.1) is 0 Å². The molecule has 1 aliphatic rings. The number of benzene rings is 2. The van der Waals surface area contributed by atoms with Crippen LogP contribution in [0.25, 0.3) is 0 Å². The third-order valence-corrected chi connectivity index (χ3v) is 5.72. The number of rotatable bonds is 11. The molecule has 0 radical (unpaired) electrons. The van der Waals surface area contributed by atoms with Crippen molar-refractivity contribution in [2.75, 3.05) is 32.8 Å². The Bertz CT molecular complexity index is 754. The number of amides is 1. The zero-order valence-electron chi connectivity index (χ0n) is 18.2. The molecule has 0 bridgehead atoms. The number of hydrogen-bond donors (Lipinski definition) is 1. The fourth-order valence-corrected chi connectivity index (χ4v) is 3.94. The van der Waals surface area contributed by atoms with Crippen molar-refractivity contribution in [3.63, 3.8) is 0 Å². The minimum absolute atomic E-state index is 0.0501.